The van der Waals surface area contributed by atoms with Crippen LogP contribution in [0.2, 0.25) is 0 Å². The molecule has 0 aromatic carbocycles. The topological polar surface area (TPSA) is 46.2 Å². The summed E-state index contributed by atoms with van der Waals surface area (Å²) < 4.78 is 10.9. The molecule has 5 heteroatoms. The van der Waals surface area contributed by atoms with Crippen LogP contribution in [-0.2, 0) is 10.8 Å². The van der Waals surface area contributed by atoms with Crippen molar-refractivity contribution in [1.82, 2.24) is 5.32 Å². The van der Waals surface area contributed by atoms with Gasteiger partial charge in [-0.05, 0) is 18.4 Å². The van der Waals surface area contributed by atoms with Crippen LogP contribution in [0.3, 0.4) is 0 Å². The summed E-state index contributed by atoms with van der Waals surface area (Å²) in [7, 11) is -0.870. The second-order valence-corrected chi connectivity index (χ2v) is 5.52. The number of amides is 1. The van der Waals surface area contributed by atoms with Crippen molar-refractivity contribution >= 4 is 28.0 Å². The third-order valence-corrected chi connectivity index (χ3v) is 3.45. The van der Waals surface area contributed by atoms with Gasteiger partial charge in [0, 0.05) is 28.9 Å². The predicted octanol–water partition coefficient (Wildman–Crippen LogP) is 1.24. The van der Waals surface area contributed by atoms with Crippen LogP contribution in [0.25, 0.3) is 0 Å². The fraction of sp³-hybridized carbons (Fsp3) is 0.444. The molecular formula is C9H13NO2S2. The van der Waals surface area contributed by atoms with Crippen LogP contribution in [0.4, 0.5) is 0 Å². The van der Waals surface area contributed by atoms with Gasteiger partial charge in [0.25, 0.3) is 5.91 Å². The number of carbonyl (C=O) groups excluding carboxylic acids is 1. The van der Waals surface area contributed by atoms with Crippen LogP contribution in [0.5, 0.6) is 0 Å². The molecule has 0 aliphatic rings. The van der Waals surface area contributed by atoms with E-state index in [2.05, 4.69) is 5.32 Å². The zero-order chi connectivity index (χ0) is 10.6. The standard InChI is InChI=1S/C9H13NO2S2/c1-7(6-14(2)12)10-9(11)8-4-3-5-13-8/h3-5,7H,6H2,1-2H3,(H,10,11). The minimum atomic E-state index is -0.870. The number of rotatable bonds is 4. The van der Waals surface area contributed by atoms with Gasteiger partial charge in [0.15, 0.2) is 0 Å². The van der Waals surface area contributed by atoms with E-state index in [-0.39, 0.29) is 11.9 Å². The van der Waals surface area contributed by atoms with Crippen molar-refractivity contribution in [2.75, 3.05) is 12.0 Å². The first-order valence-electron chi connectivity index (χ1n) is 4.24. The third kappa shape index (κ3) is 3.59. The summed E-state index contributed by atoms with van der Waals surface area (Å²) in [5, 5.41) is 4.65. The highest BCUT2D eigenvalue weighted by Gasteiger charge is 2.10. The van der Waals surface area contributed by atoms with Crippen LogP contribution < -0.4 is 5.32 Å². The fourth-order valence-electron chi connectivity index (χ4n) is 1.10. The van der Waals surface area contributed by atoms with E-state index in [0.717, 1.165) is 0 Å². The SMILES string of the molecule is CC(CS(C)=O)NC(=O)c1cccs1. The molecule has 0 radical (unpaired) electrons. The normalized spacial score (nSPS) is 14.7. The van der Waals surface area contributed by atoms with Crippen molar-refractivity contribution in [3.63, 3.8) is 0 Å². The maximum atomic E-state index is 11.5. The van der Waals surface area contributed by atoms with E-state index < -0.39 is 10.8 Å². The van der Waals surface area contributed by atoms with Crippen molar-refractivity contribution in [3.8, 4) is 0 Å². The highest BCUT2D eigenvalue weighted by Crippen LogP contribution is 2.08. The van der Waals surface area contributed by atoms with Gasteiger partial charge in [0.1, 0.15) is 0 Å². The average Bonchev–Trinajstić information content (AvgIpc) is 2.53. The Kier molecular flexibility index (Phi) is 4.28. The zero-order valence-corrected chi connectivity index (χ0v) is 9.78. The summed E-state index contributed by atoms with van der Waals surface area (Å²) in [4.78, 5) is 12.2. The van der Waals surface area contributed by atoms with Crippen molar-refractivity contribution in [1.29, 1.82) is 0 Å². The average molecular weight is 231 g/mol. The smallest absolute Gasteiger partial charge is 0.261 e. The Morgan fingerprint density at radius 2 is 2.43 bits per heavy atom. The maximum Gasteiger partial charge on any atom is 0.261 e. The minimum absolute atomic E-state index is 0.0459. The van der Waals surface area contributed by atoms with E-state index in [9.17, 15) is 9.00 Å². The van der Waals surface area contributed by atoms with Crippen molar-refractivity contribution < 1.29 is 9.00 Å². The second kappa shape index (κ2) is 5.26. The Labute approximate surface area is 90.0 Å². The lowest BCUT2D eigenvalue weighted by atomic mass is 10.3. The Morgan fingerprint density at radius 1 is 1.71 bits per heavy atom. The monoisotopic (exact) mass is 231 g/mol. The molecule has 1 heterocycles. The van der Waals surface area contributed by atoms with E-state index >= 15 is 0 Å². The summed E-state index contributed by atoms with van der Waals surface area (Å²) in [5.41, 5.74) is 0. The number of hydrogen-bond donors (Lipinski definition) is 1. The van der Waals surface area contributed by atoms with E-state index in [1.165, 1.54) is 11.3 Å². The zero-order valence-electron chi connectivity index (χ0n) is 8.15. The van der Waals surface area contributed by atoms with Gasteiger partial charge in [-0.2, -0.15) is 0 Å². The number of nitrogens with one attached hydrogen (secondary N) is 1. The molecule has 0 fully saturated rings. The highest BCUT2D eigenvalue weighted by atomic mass is 32.2. The van der Waals surface area contributed by atoms with Crippen molar-refractivity contribution in [2.24, 2.45) is 0 Å². The predicted molar refractivity (Wildman–Crippen MR) is 60.2 cm³/mol. The highest BCUT2D eigenvalue weighted by molar-refractivity contribution is 7.84. The van der Waals surface area contributed by atoms with Gasteiger partial charge in [0.05, 0.1) is 4.88 Å². The minimum Gasteiger partial charge on any atom is -0.348 e. The van der Waals surface area contributed by atoms with Crippen molar-refractivity contribution in [2.45, 2.75) is 13.0 Å². The Bertz CT molecular complexity index is 322. The summed E-state index contributed by atoms with van der Waals surface area (Å²) in [5.74, 6) is 0.412. The third-order valence-electron chi connectivity index (χ3n) is 1.61. The first kappa shape index (κ1) is 11.4. The molecule has 1 amide bonds. The largest absolute Gasteiger partial charge is 0.348 e. The Balaban J connectivity index is 2.45. The van der Waals surface area contributed by atoms with E-state index in [1.54, 1.807) is 12.3 Å². The van der Waals surface area contributed by atoms with Gasteiger partial charge < -0.3 is 5.32 Å². The molecule has 0 spiro atoms. The first-order chi connectivity index (χ1) is 6.59. The molecular weight excluding hydrogens is 218 g/mol. The molecule has 3 nitrogen and oxygen atoms in total. The van der Waals surface area contributed by atoms with E-state index in [4.69, 9.17) is 0 Å². The lowest BCUT2D eigenvalue weighted by Crippen LogP contribution is -2.35. The maximum absolute atomic E-state index is 11.5. The number of carbonyl (C=O) groups is 1. The van der Waals surface area contributed by atoms with Crippen LogP contribution in [0.1, 0.15) is 16.6 Å². The molecule has 0 aliphatic carbocycles. The molecule has 1 rings (SSSR count). The summed E-state index contributed by atoms with van der Waals surface area (Å²) in [6, 6.07) is 3.56. The number of hydrogen-bond acceptors (Lipinski definition) is 3. The second-order valence-electron chi connectivity index (χ2n) is 3.09. The summed E-state index contributed by atoms with van der Waals surface area (Å²) in [6.45, 7) is 1.85. The molecule has 1 N–H and O–H groups in total. The molecule has 78 valence electrons. The molecule has 0 saturated heterocycles. The fourth-order valence-corrected chi connectivity index (χ4v) is 2.51. The van der Waals surface area contributed by atoms with Crippen LogP contribution >= 0.6 is 11.3 Å². The molecule has 0 bridgehead atoms. The lowest BCUT2D eigenvalue weighted by Gasteiger charge is -2.10. The Morgan fingerprint density at radius 3 is 2.93 bits per heavy atom. The van der Waals surface area contributed by atoms with Gasteiger partial charge in [-0.3, -0.25) is 9.00 Å². The summed E-state index contributed by atoms with van der Waals surface area (Å²) in [6.07, 6.45) is 1.63. The van der Waals surface area contributed by atoms with E-state index in [0.29, 0.717) is 10.6 Å². The van der Waals surface area contributed by atoms with Crippen LogP contribution in [-0.4, -0.2) is 28.2 Å². The molecule has 0 saturated carbocycles. The lowest BCUT2D eigenvalue weighted by molar-refractivity contribution is 0.0948. The van der Waals surface area contributed by atoms with Crippen LogP contribution in [0, 0.1) is 0 Å². The molecule has 2 unspecified atom stereocenters. The molecule has 2 atom stereocenters. The van der Waals surface area contributed by atoms with Gasteiger partial charge in [-0.25, -0.2) is 0 Å². The van der Waals surface area contributed by atoms with Gasteiger partial charge in [0.2, 0.25) is 0 Å². The summed E-state index contributed by atoms with van der Waals surface area (Å²) >= 11 is 1.40. The first-order valence-corrected chi connectivity index (χ1v) is 6.84. The quantitative estimate of drug-likeness (QED) is 0.847. The van der Waals surface area contributed by atoms with Crippen LogP contribution in [0.15, 0.2) is 17.5 Å². The molecule has 0 aliphatic heterocycles. The Hall–Kier alpha value is -0.680. The van der Waals surface area contributed by atoms with Gasteiger partial charge >= 0.3 is 0 Å². The van der Waals surface area contributed by atoms with Gasteiger partial charge in [-0.1, -0.05) is 6.07 Å². The molecule has 1 aromatic rings. The molecule has 1 aromatic heterocycles. The van der Waals surface area contributed by atoms with E-state index in [1.807, 2.05) is 18.4 Å². The van der Waals surface area contributed by atoms with Crippen molar-refractivity contribution in [3.05, 3.63) is 22.4 Å². The number of thiophene rings is 1. The van der Waals surface area contributed by atoms with Gasteiger partial charge in [-0.15, -0.1) is 11.3 Å². The molecule has 14 heavy (non-hydrogen) atoms.